The van der Waals surface area contributed by atoms with Crippen molar-refractivity contribution >= 4 is 5.91 Å². The summed E-state index contributed by atoms with van der Waals surface area (Å²) < 4.78 is 14.6. The first-order valence-electron chi connectivity index (χ1n) is 5.65. The third kappa shape index (κ3) is 2.31. The molecule has 0 aliphatic rings. The molecule has 94 valence electrons. The molecule has 4 nitrogen and oxygen atoms in total. The number of benzene rings is 1. The van der Waals surface area contributed by atoms with E-state index in [9.17, 15) is 9.18 Å². The Morgan fingerprint density at radius 3 is 2.94 bits per heavy atom. The first-order valence-corrected chi connectivity index (χ1v) is 5.65. The van der Waals surface area contributed by atoms with E-state index in [-0.39, 0.29) is 11.7 Å². The molecule has 0 atom stereocenters. The van der Waals surface area contributed by atoms with E-state index in [0.717, 1.165) is 5.69 Å². The van der Waals surface area contributed by atoms with Crippen molar-refractivity contribution in [2.45, 2.75) is 13.3 Å². The number of nitrogens with two attached hydrogens (primary N) is 1. The summed E-state index contributed by atoms with van der Waals surface area (Å²) in [7, 11) is 0. The number of nitrogens with zero attached hydrogens (tertiary/aromatic N) is 2. The average Bonchev–Trinajstić information content (AvgIpc) is 2.80. The predicted molar refractivity (Wildman–Crippen MR) is 65.9 cm³/mol. The third-order valence-electron chi connectivity index (χ3n) is 2.74. The van der Waals surface area contributed by atoms with Crippen LogP contribution in [0.15, 0.2) is 30.7 Å². The summed E-state index contributed by atoms with van der Waals surface area (Å²) in [5, 5.41) is 0. The zero-order chi connectivity index (χ0) is 13.1. The van der Waals surface area contributed by atoms with E-state index in [2.05, 4.69) is 4.98 Å². The van der Waals surface area contributed by atoms with Gasteiger partial charge < -0.3 is 5.73 Å². The molecule has 2 aromatic rings. The van der Waals surface area contributed by atoms with Gasteiger partial charge in [0, 0.05) is 23.9 Å². The fourth-order valence-corrected chi connectivity index (χ4v) is 1.75. The summed E-state index contributed by atoms with van der Waals surface area (Å²) in [4.78, 5) is 16.2. The molecular weight excluding hydrogens is 233 g/mol. The Labute approximate surface area is 104 Å². The topological polar surface area (TPSA) is 60.9 Å². The highest BCUT2D eigenvalue weighted by atomic mass is 19.1. The normalized spacial score (nSPS) is 10.6. The maximum absolute atomic E-state index is 13.2. The summed E-state index contributed by atoms with van der Waals surface area (Å²) in [5.74, 6) is -0.543. The van der Waals surface area contributed by atoms with Crippen LogP contribution in [0.5, 0.6) is 0 Å². The third-order valence-corrected chi connectivity index (χ3v) is 2.74. The largest absolute Gasteiger partial charge is 0.330 e. The van der Waals surface area contributed by atoms with Gasteiger partial charge in [-0.2, -0.15) is 0 Å². The van der Waals surface area contributed by atoms with E-state index in [1.165, 1.54) is 29.1 Å². The fourth-order valence-electron chi connectivity index (χ4n) is 1.75. The molecule has 5 heteroatoms. The van der Waals surface area contributed by atoms with Crippen LogP contribution in [-0.2, 0) is 6.42 Å². The van der Waals surface area contributed by atoms with Crippen molar-refractivity contribution in [3.63, 3.8) is 0 Å². The Kier molecular flexibility index (Phi) is 3.53. The van der Waals surface area contributed by atoms with Crippen LogP contribution >= 0.6 is 0 Å². The molecule has 0 bridgehead atoms. The molecule has 0 amide bonds. The minimum absolute atomic E-state index is 0.223. The zero-order valence-corrected chi connectivity index (χ0v) is 10.1. The van der Waals surface area contributed by atoms with E-state index in [4.69, 9.17) is 5.73 Å². The summed E-state index contributed by atoms with van der Waals surface area (Å²) in [6.07, 6.45) is 3.64. The quantitative estimate of drug-likeness (QED) is 0.894. The van der Waals surface area contributed by atoms with Crippen LogP contribution in [0.2, 0.25) is 0 Å². The summed E-state index contributed by atoms with van der Waals surface area (Å²) in [6, 6.07) is 4.29. The number of hydrogen-bond donors (Lipinski definition) is 1. The maximum Gasteiger partial charge on any atom is 0.263 e. The first kappa shape index (κ1) is 12.4. The minimum atomic E-state index is -0.320. The molecule has 2 rings (SSSR count). The Bertz CT molecular complexity index is 577. The number of imidazole rings is 1. The van der Waals surface area contributed by atoms with Gasteiger partial charge in [0.05, 0.1) is 0 Å². The van der Waals surface area contributed by atoms with Crippen molar-refractivity contribution in [1.29, 1.82) is 0 Å². The van der Waals surface area contributed by atoms with Gasteiger partial charge in [-0.25, -0.2) is 9.37 Å². The van der Waals surface area contributed by atoms with E-state index >= 15 is 0 Å². The molecule has 0 saturated heterocycles. The molecule has 1 aromatic carbocycles. The van der Waals surface area contributed by atoms with Gasteiger partial charge in [-0.3, -0.25) is 9.36 Å². The van der Waals surface area contributed by atoms with Crippen LogP contribution in [0.4, 0.5) is 4.39 Å². The van der Waals surface area contributed by atoms with Gasteiger partial charge in [0.1, 0.15) is 12.1 Å². The number of rotatable bonds is 3. The van der Waals surface area contributed by atoms with E-state index in [1.54, 1.807) is 13.1 Å². The monoisotopic (exact) mass is 247 g/mol. The molecule has 2 N–H and O–H groups in total. The first-order chi connectivity index (χ1) is 8.63. The highest BCUT2D eigenvalue weighted by molar-refractivity contribution is 5.96. The second kappa shape index (κ2) is 5.10. The standard InChI is InChI=1S/C13H14FN3O/c1-9-6-10(2-3-12(9)14)13(18)17-8-16-7-11(17)4-5-15/h2-3,6-8H,4-5,15H2,1H3. The van der Waals surface area contributed by atoms with Gasteiger partial charge in [-0.05, 0) is 37.2 Å². The van der Waals surface area contributed by atoms with Gasteiger partial charge in [0.25, 0.3) is 5.91 Å². The molecule has 0 radical (unpaired) electrons. The van der Waals surface area contributed by atoms with Crippen molar-refractivity contribution in [2.75, 3.05) is 6.54 Å². The number of halogens is 1. The zero-order valence-electron chi connectivity index (χ0n) is 10.1. The molecule has 0 aliphatic heterocycles. The summed E-state index contributed by atoms with van der Waals surface area (Å²) >= 11 is 0. The van der Waals surface area contributed by atoms with Crippen molar-refractivity contribution < 1.29 is 9.18 Å². The molecule has 0 unspecified atom stereocenters. The lowest BCUT2D eigenvalue weighted by atomic mass is 10.1. The van der Waals surface area contributed by atoms with Gasteiger partial charge in [0.2, 0.25) is 0 Å². The van der Waals surface area contributed by atoms with Gasteiger partial charge in [0.15, 0.2) is 0 Å². The number of carbonyl (C=O) groups is 1. The summed E-state index contributed by atoms with van der Waals surface area (Å²) in [6.45, 7) is 2.07. The highest BCUT2D eigenvalue weighted by Crippen LogP contribution is 2.12. The van der Waals surface area contributed by atoms with Crippen LogP contribution in [0, 0.1) is 12.7 Å². The second-order valence-corrected chi connectivity index (χ2v) is 4.06. The van der Waals surface area contributed by atoms with Crippen molar-refractivity contribution in [3.8, 4) is 0 Å². The van der Waals surface area contributed by atoms with Crippen LogP contribution < -0.4 is 5.73 Å². The van der Waals surface area contributed by atoms with Crippen molar-refractivity contribution in [2.24, 2.45) is 5.73 Å². The second-order valence-electron chi connectivity index (χ2n) is 4.06. The van der Waals surface area contributed by atoms with Gasteiger partial charge in [-0.1, -0.05) is 0 Å². The van der Waals surface area contributed by atoms with Crippen LogP contribution in [-0.4, -0.2) is 22.0 Å². The lowest BCUT2D eigenvalue weighted by Gasteiger charge is -2.07. The molecular formula is C13H14FN3O. The number of hydrogen-bond acceptors (Lipinski definition) is 3. The lowest BCUT2D eigenvalue weighted by Crippen LogP contribution is -2.16. The molecule has 18 heavy (non-hydrogen) atoms. The smallest absolute Gasteiger partial charge is 0.263 e. The Morgan fingerprint density at radius 1 is 1.50 bits per heavy atom. The lowest BCUT2D eigenvalue weighted by molar-refractivity contribution is 0.0957. The Balaban J connectivity index is 2.35. The average molecular weight is 247 g/mol. The fraction of sp³-hybridized carbons (Fsp3) is 0.231. The minimum Gasteiger partial charge on any atom is -0.330 e. The van der Waals surface area contributed by atoms with E-state index in [1.807, 2.05) is 0 Å². The van der Waals surface area contributed by atoms with Crippen LogP contribution in [0.1, 0.15) is 21.6 Å². The van der Waals surface area contributed by atoms with E-state index in [0.29, 0.717) is 24.1 Å². The Hall–Kier alpha value is -2.01. The van der Waals surface area contributed by atoms with Crippen molar-refractivity contribution in [1.82, 2.24) is 9.55 Å². The number of aryl methyl sites for hydroxylation is 1. The molecule has 1 heterocycles. The molecule has 0 saturated carbocycles. The molecule has 1 aromatic heterocycles. The maximum atomic E-state index is 13.2. The highest BCUT2D eigenvalue weighted by Gasteiger charge is 2.13. The molecule has 0 spiro atoms. The van der Waals surface area contributed by atoms with E-state index < -0.39 is 0 Å². The molecule has 0 aliphatic carbocycles. The summed E-state index contributed by atoms with van der Waals surface area (Å²) in [5.41, 5.74) is 7.10. The van der Waals surface area contributed by atoms with Gasteiger partial charge >= 0.3 is 0 Å². The Morgan fingerprint density at radius 2 is 2.28 bits per heavy atom. The van der Waals surface area contributed by atoms with Crippen molar-refractivity contribution in [3.05, 3.63) is 53.4 Å². The number of carbonyl (C=O) groups excluding carboxylic acids is 1. The van der Waals surface area contributed by atoms with Crippen LogP contribution in [0.3, 0.4) is 0 Å². The van der Waals surface area contributed by atoms with Gasteiger partial charge in [-0.15, -0.1) is 0 Å². The van der Waals surface area contributed by atoms with Crippen LogP contribution in [0.25, 0.3) is 0 Å². The SMILES string of the molecule is Cc1cc(C(=O)n2cncc2CCN)ccc1F. The number of aromatic nitrogens is 2. The molecule has 0 fully saturated rings. The predicted octanol–water partition coefficient (Wildman–Crippen LogP) is 1.52.